The molecule has 0 aliphatic heterocycles. The molecule has 0 heterocycles. The van der Waals surface area contributed by atoms with Crippen molar-refractivity contribution < 1.29 is 13.2 Å². The smallest absolute Gasteiger partial charge is 0.370 e. The Morgan fingerprint density at radius 2 is 1.87 bits per heavy atom. The van der Waals surface area contributed by atoms with Gasteiger partial charge < -0.3 is 11.1 Å². The van der Waals surface area contributed by atoms with E-state index < -0.39 is 11.7 Å². The first-order valence-corrected chi connectivity index (χ1v) is 8.19. The number of nitrogens with two attached hydrogens (primary N) is 1. The summed E-state index contributed by atoms with van der Waals surface area (Å²) in [5, 5.41) is 3.19. The molecule has 0 atom stereocenters. The highest BCUT2D eigenvalue weighted by atomic mass is 19.4. The number of benzene rings is 1. The highest BCUT2D eigenvalue weighted by Crippen LogP contribution is 2.39. The summed E-state index contributed by atoms with van der Waals surface area (Å²) in [4.78, 5) is 4.48. The van der Waals surface area contributed by atoms with Gasteiger partial charge in [-0.25, -0.2) is 0 Å². The van der Waals surface area contributed by atoms with Crippen molar-refractivity contribution >= 4 is 5.96 Å². The van der Waals surface area contributed by atoms with Crippen LogP contribution in [0.2, 0.25) is 0 Å². The summed E-state index contributed by atoms with van der Waals surface area (Å²) in [5.41, 5.74) is 6.10. The third-order valence-electron chi connectivity index (χ3n) is 4.82. The van der Waals surface area contributed by atoms with Gasteiger partial charge in [0.05, 0.1) is 11.6 Å². The number of guanidine groups is 1. The molecule has 0 aromatic heterocycles. The van der Waals surface area contributed by atoms with Crippen molar-refractivity contribution in [3.8, 4) is 0 Å². The van der Waals surface area contributed by atoms with E-state index >= 15 is 0 Å². The Morgan fingerprint density at radius 1 is 1.17 bits per heavy atom. The van der Waals surface area contributed by atoms with E-state index in [9.17, 15) is 13.2 Å². The van der Waals surface area contributed by atoms with Gasteiger partial charge in [0.1, 0.15) is 0 Å². The Balaban J connectivity index is 1.53. The van der Waals surface area contributed by atoms with E-state index in [1.165, 1.54) is 25.0 Å². The number of halogens is 3. The summed E-state index contributed by atoms with van der Waals surface area (Å²) in [7, 11) is 0. The maximum Gasteiger partial charge on any atom is 0.416 e. The van der Waals surface area contributed by atoms with Gasteiger partial charge in [0.15, 0.2) is 5.96 Å². The number of rotatable bonds is 3. The quantitative estimate of drug-likeness (QED) is 0.656. The van der Waals surface area contributed by atoms with Gasteiger partial charge in [0, 0.05) is 6.04 Å². The third-order valence-corrected chi connectivity index (χ3v) is 4.82. The van der Waals surface area contributed by atoms with E-state index in [4.69, 9.17) is 5.73 Å². The fraction of sp³-hybridized carbons (Fsp3) is 0.588. The summed E-state index contributed by atoms with van der Waals surface area (Å²) in [6.07, 6.45) is 1.92. The minimum atomic E-state index is -4.28. The SMILES string of the molecule is NC(=NC1CCCC1)NC1CC(c2cccc(C(F)(F)F)c2)C1. The zero-order chi connectivity index (χ0) is 16.4. The molecular weight excluding hydrogens is 303 g/mol. The van der Waals surface area contributed by atoms with Crippen molar-refractivity contribution in [2.24, 2.45) is 10.7 Å². The van der Waals surface area contributed by atoms with Crippen LogP contribution in [-0.2, 0) is 6.18 Å². The van der Waals surface area contributed by atoms with Crippen LogP contribution in [0.4, 0.5) is 13.2 Å². The molecule has 6 heteroatoms. The Kier molecular flexibility index (Phi) is 4.50. The first-order chi connectivity index (χ1) is 10.9. The van der Waals surface area contributed by atoms with Crippen molar-refractivity contribution in [3.63, 3.8) is 0 Å². The predicted molar refractivity (Wildman–Crippen MR) is 84.2 cm³/mol. The van der Waals surface area contributed by atoms with Crippen LogP contribution in [0.25, 0.3) is 0 Å². The Morgan fingerprint density at radius 3 is 2.52 bits per heavy atom. The van der Waals surface area contributed by atoms with Crippen LogP contribution >= 0.6 is 0 Å². The van der Waals surface area contributed by atoms with Gasteiger partial charge in [-0.1, -0.05) is 31.0 Å². The van der Waals surface area contributed by atoms with Gasteiger partial charge in [-0.3, -0.25) is 4.99 Å². The standard InChI is InChI=1S/C17H22F3N3/c18-17(19,20)13-5-3-4-11(8-13)12-9-15(10-12)23-16(21)22-14-6-1-2-7-14/h3-5,8,12,14-15H,1-2,6-7,9-10H2,(H3,21,22,23). The first-order valence-electron chi connectivity index (χ1n) is 8.19. The fourth-order valence-corrected chi connectivity index (χ4v) is 3.45. The van der Waals surface area contributed by atoms with Crippen LogP contribution in [-0.4, -0.2) is 18.0 Å². The maximum absolute atomic E-state index is 12.8. The number of hydrogen-bond donors (Lipinski definition) is 2. The van der Waals surface area contributed by atoms with Gasteiger partial charge in [0.2, 0.25) is 0 Å². The summed E-state index contributed by atoms with van der Waals surface area (Å²) >= 11 is 0. The molecule has 3 N–H and O–H groups in total. The zero-order valence-electron chi connectivity index (χ0n) is 12.9. The van der Waals surface area contributed by atoms with E-state index in [0.29, 0.717) is 12.0 Å². The van der Waals surface area contributed by atoms with Crippen molar-refractivity contribution in [2.75, 3.05) is 0 Å². The van der Waals surface area contributed by atoms with Crippen LogP contribution in [0.3, 0.4) is 0 Å². The molecule has 1 aromatic carbocycles. The fourth-order valence-electron chi connectivity index (χ4n) is 3.45. The van der Waals surface area contributed by atoms with E-state index in [-0.39, 0.29) is 12.0 Å². The average molecular weight is 325 g/mol. The van der Waals surface area contributed by atoms with Crippen LogP contribution in [0.15, 0.2) is 29.3 Å². The molecule has 2 aliphatic rings. The molecule has 3 rings (SSSR count). The molecule has 23 heavy (non-hydrogen) atoms. The second-order valence-corrected chi connectivity index (χ2v) is 6.59. The predicted octanol–water partition coefficient (Wildman–Crippen LogP) is 3.80. The lowest BCUT2D eigenvalue weighted by molar-refractivity contribution is -0.137. The molecule has 2 aliphatic carbocycles. The highest BCUT2D eigenvalue weighted by molar-refractivity contribution is 5.78. The lowest BCUT2D eigenvalue weighted by Crippen LogP contribution is -2.47. The summed E-state index contributed by atoms with van der Waals surface area (Å²) < 4.78 is 38.3. The average Bonchev–Trinajstić information content (AvgIpc) is 2.94. The van der Waals surface area contributed by atoms with E-state index in [0.717, 1.165) is 37.3 Å². The second-order valence-electron chi connectivity index (χ2n) is 6.59. The number of aliphatic imine (C=N–C) groups is 1. The number of nitrogens with zero attached hydrogens (tertiary/aromatic N) is 1. The van der Waals surface area contributed by atoms with E-state index in [1.54, 1.807) is 6.07 Å². The van der Waals surface area contributed by atoms with Crippen molar-refractivity contribution in [2.45, 2.75) is 62.7 Å². The molecule has 2 saturated carbocycles. The molecule has 0 bridgehead atoms. The van der Waals surface area contributed by atoms with E-state index in [1.807, 2.05) is 0 Å². The van der Waals surface area contributed by atoms with Crippen LogP contribution in [0, 0.1) is 0 Å². The number of hydrogen-bond acceptors (Lipinski definition) is 1. The molecule has 2 fully saturated rings. The monoisotopic (exact) mass is 325 g/mol. The molecule has 0 amide bonds. The summed E-state index contributed by atoms with van der Waals surface area (Å²) in [6, 6.07) is 6.17. The summed E-state index contributed by atoms with van der Waals surface area (Å²) in [6.45, 7) is 0. The minimum Gasteiger partial charge on any atom is -0.370 e. The Bertz CT molecular complexity index is 571. The topological polar surface area (TPSA) is 50.4 Å². The third kappa shape index (κ3) is 3.98. The van der Waals surface area contributed by atoms with Gasteiger partial charge in [0.25, 0.3) is 0 Å². The Hall–Kier alpha value is -1.72. The van der Waals surface area contributed by atoms with Crippen LogP contribution < -0.4 is 11.1 Å². The minimum absolute atomic E-state index is 0.161. The normalized spacial score (nSPS) is 26.1. The zero-order valence-corrected chi connectivity index (χ0v) is 12.9. The van der Waals surface area contributed by atoms with Gasteiger partial charge in [-0.05, 0) is 43.2 Å². The number of alkyl halides is 3. The molecular formula is C17H22F3N3. The maximum atomic E-state index is 12.8. The molecule has 0 radical (unpaired) electrons. The molecule has 0 saturated heterocycles. The Labute approximate surface area is 134 Å². The summed E-state index contributed by atoms with van der Waals surface area (Å²) in [5.74, 6) is 0.637. The largest absolute Gasteiger partial charge is 0.416 e. The highest BCUT2D eigenvalue weighted by Gasteiger charge is 2.34. The van der Waals surface area contributed by atoms with Crippen molar-refractivity contribution in [1.82, 2.24) is 5.32 Å². The molecule has 1 aromatic rings. The number of nitrogens with one attached hydrogen (secondary N) is 1. The second kappa shape index (κ2) is 6.42. The van der Waals surface area contributed by atoms with Gasteiger partial charge in [-0.2, -0.15) is 13.2 Å². The van der Waals surface area contributed by atoms with E-state index in [2.05, 4.69) is 10.3 Å². The lowest BCUT2D eigenvalue weighted by Gasteiger charge is -2.36. The van der Waals surface area contributed by atoms with Crippen LogP contribution in [0.5, 0.6) is 0 Å². The lowest BCUT2D eigenvalue weighted by atomic mass is 9.75. The molecule has 126 valence electrons. The van der Waals surface area contributed by atoms with Crippen LogP contribution in [0.1, 0.15) is 55.6 Å². The molecule has 0 unspecified atom stereocenters. The molecule has 0 spiro atoms. The van der Waals surface area contributed by atoms with Gasteiger partial charge >= 0.3 is 6.18 Å². The first kappa shape index (κ1) is 16.1. The van der Waals surface area contributed by atoms with Gasteiger partial charge in [-0.15, -0.1) is 0 Å². The van der Waals surface area contributed by atoms with Crippen molar-refractivity contribution in [3.05, 3.63) is 35.4 Å². The van der Waals surface area contributed by atoms with Crippen molar-refractivity contribution in [1.29, 1.82) is 0 Å². The molecule has 3 nitrogen and oxygen atoms in total.